The quantitative estimate of drug-likeness (QED) is 0.713. The van der Waals surface area contributed by atoms with E-state index >= 15 is 0 Å². The Morgan fingerprint density at radius 1 is 1.08 bits per heavy atom. The average Bonchev–Trinajstić information content (AvgIpc) is 2.66. The van der Waals surface area contributed by atoms with E-state index in [2.05, 4.69) is 0 Å². The van der Waals surface area contributed by atoms with Crippen molar-refractivity contribution in [1.29, 1.82) is 0 Å². The minimum atomic E-state index is -0.371. The zero-order valence-electron chi connectivity index (χ0n) is 14.5. The molecule has 3 N–H and O–H groups in total. The summed E-state index contributed by atoms with van der Waals surface area (Å²) in [5, 5.41) is 29.5. The number of ether oxygens (including phenoxy) is 2. The molecule has 0 saturated carbocycles. The maximum Gasteiger partial charge on any atom is 0.189 e. The Morgan fingerprint density at radius 2 is 1.77 bits per heavy atom. The highest BCUT2D eigenvalue weighted by Crippen LogP contribution is 2.37. The zero-order chi connectivity index (χ0) is 18.8. The minimum Gasteiger partial charge on any atom is -0.504 e. The number of phenolic OH excluding ortho intramolecular Hbond substituents is 2. The van der Waals surface area contributed by atoms with Gasteiger partial charge in [-0.05, 0) is 54.0 Å². The highest BCUT2D eigenvalue weighted by atomic mass is 16.5. The summed E-state index contributed by atoms with van der Waals surface area (Å²) < 4.78 is 10.2. The van der Waals surface area contributed by atoms with Crippen LogP contribution in [0, 0.1) is 5.92 Å². The van der Waals surface area contributed by atoms with Crippen LogP contribution in [-0.4, -0.2) is 41.9 Å². The number of methoxy groups -OCH3 is 2. The summed E-state index contributed by atoms with van der Waals surface area (Å²) in [5.74, 6) is -0.138. The number of benzene rings is 2. The molecule has 2 aromatic carbocycles. The van der Waals surface area contributed by atoms with Crippen molar-refractivity contribution in [2.75, 3.05) is 20.8 Å². The number of hydrogen-bond donors (Lipinski definition) is 3. The molecule has 0 heterocycles. The summed E-state index contributed by atoms with van der Waals surface area (Å²) in [6.07, 6.45) is 2.13. The first kappa shape index (κ1) is 17.8. The summed E-state index contributed by atoms with van der Waals surface area (Å²) in [7, 11) is 2.88. The maximum absolute atomic E-state index is 13.0. The van der Waals surface area contributed by atoms with Crippen molar-refractivity contribution in [2.45, 2.75) is 6.42 Å². The van der Waals surface area contributed by atoms with Crippen molar-refractivity contribution in [2.24, 2.45) is 5.92 Å². The molecule has 26 heavy (non-hydrogen) atoms. The van der Waals surface area contributed by atoms with E-state index in [1.165, 1.54) is 32.4 Å². The Bertz CT molecular complexity index is 884. The van der Waals surface area contributed by atoms with Gasteiger partial charge in [0.2, 0.25) is 0 Å². The number of rotatable bonds is 5. The van der Waals surface area contributed by atoms with Crippen molar-refractivity contribution in [1.82, 2.24) is 0 Å². The van der Waals surface area contributed by atoms with Gasteiger partial charge >= 0.3 is 0 Å². The van der Waals surface area contributed by atoms with Gasteiger partial charge in [0.25, 0.3) is 0 Å². The van der Waals surface area contributed by atoms with Crippen LogP contribution < -0.4 is 9.47 Å². The first-order chi connectivity index (χ1) is 12.5. The molecule has 0 radical (unpaired) electrons. The molecule has 0 bridgehead atoms. The van der Waals surface area contributed by atoms with Crippen LogP contribution >= 0.6 is 0 Å². The topological polar surface area (TPSA) is 96.2 Å². The van der Waals surface area contributed by atoms with E-state index in [9.17, 15) is 20.1 Å². The van der Waals surface area contributed by atoms with Crippen LogP contribution in [0.15, 0.2) is 35.9 Å². The number of carbonyl (C=O) groups excluding carboxylic acids is 1. The third kappa shape index (κ3) is 3.11. The van der Waals surface area contributed by atoms with Gasteiger partial charge in [0.1, 0.15) is 0 Å². The van der Waals surface area contributed by atoms with Gasteiger partial charge in [-0.25, -0.2) is 0 Å². The van der Waals surface area contributed by atoms with E-state index in [1.54, 1.807) is 18.2 Å². The molecule has 0 saturated heterocycles. The Morgan fingerprint density at radius 3 is 2.42 bits per heavy atom. The molecule has 1 aliphatic carbocycles. The molecule has 0 fully saturated rings. The van der Waals surface area contributed by atoms with E-state index in [1.807, 2.05) is 0 Å². The van der Waals surface area contributed by atoms with Gasteiger partial charge in [0.15, 0.2) is 28.8 Å². The van der Waals surface area contributed by atoms with Crippen LogP contribution in [0.5, 0.6) is 23.0 Å². The molecular formula is C20H20O6. The second-order valence-corrected chi connectivity index (χ2v) is 6.12. The van der Waals surface area contributed by atoms with Crippen molar-refractivity contribution in [3.63, 3.8) is 0 Å². The molecule has 0 aromatic heterocycles. The number of ketones is 1. The maximum atomic E-state index is 13.0. The van der Waals surface area contributed by atoms with E-state index in [-0.39, 0.29) is 35.6 Å². The van der Waals surface area contributed by atoms with Gasteiger partial charge in [0, 0.05) is 17.1 Å². The van der Waals surface area contributed by atoms with Crippen LogP contribution in [-0.2, 0) is 6.42 Å². The molecule has 136 valence electrons. The molecule has 0 unspecified atom stereocenters. The Balaban J connectivity index is 2.05. The average molecular weight is 356 g/mol. The van der Waals surface area contributed by atoms with Crippen molar-refractivity contribution >= 4 is 11.9 Å². The van der Waals surface area contributed by atoms with Gasteiger partial charge in [-0.3, -0.25) is 4.79 Å². The number of aliphatic hydroxyl groups excluding tert-OH is 1. The molecule has 6 nitrogen and oxygen atoms in total. The van der Waals surface area contributed by atoms with Gasteiger partial charge in [0.05, 0.1) is 20.8 Å². The first-order valence-electron chi connectivity index (χ1n) is 8.12. The van der Waals surface area contributed by atoms with E-state index in [0.29, 0.717) is 28.9 Å². The lowest BCUT2D eigenvalue weighted by Gasteiger charge is -2.24. The number of carbonyl (C=O) groups is 1. The fourth-order valence-electron chi connectivity index (χ4n) is 3.16. The third-order valence-electron chi connectivity index (χ3n) is 4.58. The number of fused-ring (bicyclic) bond motifs is 1. The number of aliphatic hydroxyl groups is 1. The van der Waals surface area contributed by atoms with Crippen LogP contribution in [0.3, 0.4) is 0 Å². The van der Waals surface area contributed by atoms with Crippen LogP contribution in [0.1, 0.15) is 21.5 Å². The van der Waals surface area contributed by atoms with E-state index in [0.717, 1.165) is 5.56 Å². The molecule has 1 aliphatic rings. The zero-order valence-corrected chi connectivity index (χ0v) is 14.5. The number of hydrogen-bond acceptors (Lipinski definition) is 6. The van der Waals surface area contributed by atoms with Crippen molar-refractivity contribution in [3.05, 3.63) is 52.6 Å². The summed E-state index contributed by atoms with van der Waals surface area (Å²) in [5.41, 5.74) is 2.39. The first-order valence-corrected chi connectivity index (χ1v) is 8.12. The number of aromatic hydroxyl groups is 2. The molecule has 3 rings (SSSR count). The lowest BCUT2D eigenvalue weighted by molar-refractivity contribution is 0.101. The second-order valence-electron chi connectivity index (χ2n) is 6.12. The SMILES string of the molecule is COc1cc(C(=O)C2=Cc3cc(O)c(OC)cc3C[C@H]2CO)ccc1O. The highest BCUT2D eigenvalue weighted by molar-refractivity contribution is 6.12. The third-order valence-corrected chi connectivity index (χ3v) is 4.58. The van der Waals surface area contributed by atoms with Gasteiger partial charge in [-0.15, -0.1) is 0 Å². The van der Waals surface area contributed by atoms with Crippen LogP contribution in [0.4, 0.5) is 0 Å². The van der Waals surface area contributed by atoms with Gasteiger partial charge < -0.3 is 24.8 Å². The predicted molar refractivity (Wildman–Crippen MR) is 95.9 cm³/mol. The van der Waals surface area contributed by atoms with Crippen LogP contribution in [0.2, 0.25) is 0 Å². The fraction of sp³-hybridized carbons (Fsp3) is 0.250. The molecule has 1 atom stereocenters. The van der Waals surface area contributed by atoms with Crippen molar-refractivity contribution in [3.8, 4) is 23.0 Å². The normalized spacial score (nSPS) is 15.8. The second kappa shape index (κ2) is 7.09. The summed E-state index contributed by atoms with van der Waals surface area (Å²) in [4.78, 5) is 13.0. The standard InChI is InChI=1S/C20H20O6/c1-25-18-8-11(3-4-16(18)22)20(24)15-6-13-7-17(23)19(26-2)9-12(13)5-14(15)10-21/h3-4,6-9,14,21-23H,5,10H2,1-2H3/t14-/m0/s1. The summed E-state index contributed by atoms with van der Waals surface area (Å²) in [6.45, 7) is -0.185. The Labute approximate surface area is 150 Å². The minimum absolute atomic E-state index is 0.0111. The lowest BCUT2D eigenvalue weighted by Crippen LogP contribution is -2.22. The number of Topliss-reactive ketones (excluding diaryl/α,β-unsaturated/α-hetero) is 1. The smallest absolute Gasteiger partial charge is 0.189 e. The van der Waals surface area contributed by atoms with E-state index in [4.69, 9.17) is 9.47 Å². The largest absolute Gasteiger partial charge is 0.504 e. The monoisotopic (exact) mass is 356 g/mol. The summed E-state index contributed by atoms with van der Waals surface area (Å²) >= 11 is 0. The molecular weight excluding hydrogens is 336 g/mol. The predicted octanol–water partition coefficient (Wildman–Crippen LogP) is 2.55. The van der Waals surface area contributed by atoms with Crippen LogP contribution in [0.25, 0.3) is 6.08 Å². The van der Waals surface area contributed by atoms with Gasteiger partial charge in [-0.1, -0.05) is 0 Å². The van der Waals surface area contributed by atoms with E-state index < -0.39 is 0 Å². The summed E-state index contributed by atoms with van der Waals surface area (Å²) in [6, 6.07) is 7.64. The molecule has 0 spiro atoms. The molecule has 6 heteroatoms. The fourth-order valence-corrected chi connectivity index (χ4v) is 3.16. The molecule has 0 aliphatic heterocycles. The highest BCUT2D eigenvalue weighted by Gasteiger charge is 2.28. The molecule has 0 amide bonds. The van der Waals surface area contributed by atoms with Gasteiger partial charge in [-0.2, -0.15) is 0 Å². The molecule has 2 aromatic rings. The Hall–Kier alpha value is -2.99. The Kier molecular flexibility index (Phi) is 4.86. The van der Waals surface area contributed by atoms with Crippen molar-refractivity contribution < 1.29 is 29.6 Å². The lowest BCUT2D eigenvalue weighted by atomic mass is 9.80. The number of phenols is 2.